The van der Waals surface area contributed by atoms with Crippen molar-refractivity contribution in [1.29, 1.82) is 0 Å². The van der Waals surface area contributed by atoms with Crippen LogP contribution in [0.25, 0.3) is 21.5 Å². The molecule has 0 saturated carbocycles. The molecule has 0 bridgehead atoms. The van der Waals surface area contributed by atoms with E-state index in [1.54, 1.807) is 0 Å². The number of hydrogen-bond acceptors (Lipinski definition) is 0. The molecule has 0 nitrogen and oxygen atoms in total. The van der Waals surface area contributed by atoms with Gasteiger partial charge >= 0.3 is 26.2 Å². The Morgan fingerprint density at radius 3 is 1.21 bits per heavy atom. The Hall–Kier alpha value is -1.44. The first kappa shape index (κ1) is 30.6. The summed E-state index contributed by atoms with van der Waals surface area (Å²) in [5, 5.41) is 5.30. The first-order valence-corrected chi connectivity index (χ1v) is 12.9. The van der Waals surface area contributed by atoms with Gasteiger partial charge in [0.05, 0.1) is 0 Å². The Balaban J connectivity index is 0.000000283. The van der Waals surface area contributed by atoms with Crippen molar-refractivity contribution in [3.63, 3.8) is 0 Å². The van der Waals surface area contributed by atoms with Crippen LogP contribution >= 0.6 is 0 Å². The third-order valence-corrected chi connectivity index (χ3v) is 5.55. The molecule has 0 N–H and O–H groups in total. The summed E-state index contributed by atoms with van der Waals surface area (Å²) < 4.78 is 0. The van der Waals surface area contributed by atoms with Gasteiger partial charge in [0, 0.05) is 9.52 Å². The van der Waals surface area contributed by atoms with Gasteiger partial charge in [0.1, 0.15) is 0 Å². The molecule has 170 valence electrons. The summed E-state index contributed by atoms with van der Waals surface area (Å²) >= 11 is 0. The topological polar surface area (TPSA) is 0 Å². The van der Waals surface area contributed by atoms with Gasteiger partial charge in [0.15, 0.2) is 0 Å². The molecule has 4 heteroatoms. The molecule has 0 amide bonds. The Morgan fingerprint density at radius 1 is 0.588 bits per heavy atom. The molecule has 2 radical (unpaired) electrons. The fourth-order valence-corrected chi connectivity index (χ4v) is 4.22. The number of allylic oxidation sites excluding steroid dienone is 2. The smallest absolute Gasteiger partial charge is 1.00 e. The molecule has 0 atom stereocenters. The van der Waals surface area contributed by atoms with E-state index in [1.807, 2.05) is 0 Å². The third-order valence-electron chi connectivity index (χ3n) is 5.55. The maximum absolute atomic E-state index is 3.41. The van der Waals surface area contributed by atoms with E-state index in [-0.39, 0.29) is 51.0 Å². The largest absolute Gasteiger partial charge is 4.00 e. The maximum Gasteiger partial charge on any atom is 4.00 e. The van der Waals surface area contributed by atoms with Crippen molar-refractivity contribution >= 4 is 31.1 Å². The molecule has 0 aromatic heterocycles. The molecule has 4 aromatic rings. The van der Waals surface area contributed by atoms with Gasteiger partial charge in [-0.1, -0.05) is 99.1 Å². The average Bonchev–Trinajstić information content (AvgIpc) is 3.30. The van der Waals surface area contributed by atoms with Crippen molar-refractivity contribution in [2.24, 2.45) is 0 Å². The van der Waals surface area contributed by atoms with Crippen LogP contribution in [0.5, 0.6) is 0 Å². The van der Waals surface area contributed by atoms with Gasteiger partial charge in [-0.3, -0.25) is 0 Å². The van der Waals surface area contributed by atoms with Crippen molar-refractivity contribution in [1.82, 2.24) is 0 Å². The minimum absolute atomic E-state index is 0. The molecule has 0 unspecified atom stereocenters. The minimum Gasteiger partial charge on any atom is -1.00 e. The van der Waals surface area contributed by atoms with Gasteiger partial charge in [-0.15, -0.1) is 34.4 Å². The van der Waals surface area contributed by atoms with Crippen LogP contribution in [0.3, 0.4) is 0 Å². The van der Waals surface area contributed by atoms with Crippen LogP contribution in [0.1, 0.15) is 36.1 Å². The van der Waals surface area contributed by atoms with Crippen LogP contribution in [-0.4, -0.2) is 9.52 Å². The van der Waals surface area contributed by atoms with E-state index < -0.39 is 0 Å². The van der Waals surface area contributed by atoms with E-state index in [1.165, 1.54) is 54.9 Å². The molecular formula is C30H28Cl2SiZr. The van der Waals surface area contributed by atoms with Crippen LogP contribution in [0.2, 0.25) is 13.1 Å². The summed E-state index contributed by atoms with van der Waals surface area (Å²) in [6.45, 7) is 8.59. The van der Waals surface area contributed by atoms with Gasteiger partial charge in [-0.05, 0) is 10.8 Å². The van der Waals surface area contributed by atoms with Crippen molar-refractivity contribution in [3.8, 4) is 0 Å². The standard InChI is InChI=1S/2C14H11.C2H6Si.2ClH.Zr/c2*1-10-6-13-8-11-4-2-3-5-12(11)9-14(13)7-10;1-3-2;;;/h2*2-5,8-9H,6H2,1H3;1-2H3;2*1H;/q2*-1;;;;+4/p-2. The quantitative estimate of drug-likeness (QED) is 0.221. The van der Waals surface area contributed by atoms with E-state index in [9.17, 15) is 0 Å². The Labute approximate surface area is 238 Å². The summed E-state index contributed by atoms with van der Waals surface area (Å²) in [6, 6.07) is 26.1. The Kier molecular flexibility index (Phi) is 12.8. The summed E-state index contributed by atoms with van der Waals surface area (Å²) in [7, 11) is 1.08. The van der Waals surface area contributed by atoms with Crippen molar-refractivity contribution in [2.75, 3.05) is 0 Å². The summed E-state index contributed by atoms with van der Waals surface area (Å²) in [4.78, 5) is 0. The second kappa shape index (κ2) is 14.2. The molecule has 2 aliphatic carbocycles. The fourth-order valence-electron chi connectivity index (χ4n) is 4.22. The second-order valence-corrected chi connectivity index (χ2v) is 9.38. The number of rotatable bonds is 0. The van der Waals surface area contributed by atoms with Crippen LogP contribution in [-0.2, 0) is 39.0 Å². The van der Waals surface area contributed by atoms with Crippen LogP contribution < -0.4 is 24.8 Å². The van der Waals surface area contributed by atoms with E-state index >= 15 is 0 Å². The van der Waals surface area contributed by atoms with Crippen molar-refractivity contribution in [3.05, 3.63) is 118 Å². The summed E-state index contributed by atoms with van der Waals surface area (Å²) in [6.07, 6.45) is 8.95. The monoisotopic (exact) mass is 576 g/mol. The van der Waals surface area contributed by atoms with E-state index in [0.717, 1.165) is 22.4 Å². The molecule has 6 rings (SSSR count). The average molecular weight is 579 g/mol. The summed E-state index contributed by atoms with van der Waals surface area (Å²) in [5.74, 6) is 0. The van der Waals surface area contributed by atoms with E-state index in [4.69, 9.17) is 0 Å². The second-order valence-electron chi connectivity index (χ2n) is 8.38. The molecule has 0 saturated heterocycles. The third kappa shape index (κ3) is 7.28. The van der Waals surface area contributed by atoms with Crippen molar-refractivity contribution < 1.29 is 51.0 Å². The number of benzene rings is 4. The zero-order valence-electron chi connectivity index (χ0n) is 20.1. The number of fused-ring (bicyclic) bond motifs is 4. The maximum atomic E-state index is 3.41. The normalized spacial score (nSPS) is 12.2. The predicted molar refractivity (Wildman–Crippen MR) is 136 cm³/mol. The Bertz CT molecular complexity index is 1210. The molecule has 2 aliphatic rings. The summed E-state index contributed by atoms with van der Waals surface area (Å²) in [5.41, 5.74) is 8.08. The zero-order valence-corrected chi connectivity index (χ0v) is 25.1. The zero-order chi connectivity index (χ0) is 21.8. The fraction of sp³-hybridized carbons (Fsp3) is 0.200. The van der Waals surface area contributed by atoms with Crippen molar-refractivity contribution in [2.45, 2.75) is 39.8 Å². The van der Waals surface area contributed by atoms with Crippen LogP contribution in [0.4, 0.5) is 0 Å². The SMILES string of the molecule is CC1=[C-]c2cc3ccccc3cc2C1.CC1=[C-]c2cc3ccccc3cc2C1.C[Si]C.[Cl-].[Cl-].[Zr+4]. The van der Waals surface area contributed by atoms with Gasteiger partial charge in [-0.25, -0.2) is 0 Å². The Morgan fingerprint density at radius 2 is 0.882 bits per heavy atom. The molecule has 0 fully saturated rings. The van der Waals surface area contributed by atoms with Gasteiger partial charge in [0.2, 0.25) is 0 Å². The first-order valence-electron chi connectivity index (χ1n) is 10.9. The van der Waals surface area contributed by atoms with E-state index in [2.05, 4.69) is 112 Å². The molecule has 0 spiro atoms. The van der Waals surface area contributed by atoms with Gasteiger partial charge in [-0.2, -0.15) is 35.4 Å². The van der Waals surface area contributed by atoms with Crippen LogP contribution in [0, 0.1) is 12.2 Å². The van der Waals surface area contributed by atoms with Crippen LogP contribution in [0.15, 0.2) is 83.9 Å². The first-order chi connectivity index (χ1) is 15.1. The molecule has 34 heavy (non-hydrogen) atoms. The van der Waals surface area contributed by atoms with Gasteiger partial charge in [0.25, 0.3) is 0 Å². The predicted octanol–water partition coefficient (Wildman–Crippen LogP) is 1.78. The molecular weight excluding hydrogens is 551 g/mol. The molecule has 0 aliphatic heterocycles. The van der Waals surface area contributed by atoms with E-state index in [0.29, 0.717) is 0 Å². The number of halogens is 2. The molecule has 0 heterocycles. The minimum atomic E-state index is 0. The molecule has 4 aromatic carbocycles. The number of hydrogen-bond donors (Lipinski definition) is 0. The van der Waals surface area contributed by atoms with Gasteiger partial charge < -0.3 is 24.8 Å².